The lowest BCUT2D eigenvalue weighted by Gasteiger charge is -2.06. The molecule has 0 spiro atoms. The van der Waals surface area contributed by atoms with Gasteiger partial charge in [0.05, 0.1) is 24.8 Å². The Labute approximate surface area is 113 Å². The maximum absolute atomic E-state index is 12.2. The molecule has 0 radical (unpaired) electrons. The molecule has 0 aliphatic rings. The molecular formula is C15H18N2O2. The monoisotopic (exact) mass is 258 g/mol. The van der Waals surface area contributed by atoms with Crippen LogP contribution in [0.1, 0.15) is 35.9 Å². The lowest BCUT2D eigenvalue weighted by atomic mass is 10.1. The van der Waals surface area contributed by atoms with Gasteiger partial charge in [-0.2, -0.15) is 5.10 Å². The minimum Gasteiger partial charge on any atom is -0.496 e. The van der Waals surface area contributed by atoms with E-state index in [1.807, 2.05) is 29.1 Å². The van der Waals surface area contributed by atoms with Crippen LogP contribution in [-0.4, -0.2) is 22.7 Å². The highest BCUT2D eigenvalue weighted by atomic mass is 16.5. The van der Waals surface area contributed by atoms with Gasteiger partial charge >= 0.3 is 0 Å². The standard InChI is InChI=1S/C15H18N2O2/c1-11(2)17-9-8-12(16-17)10-14(18)13-6-4-5-7-15(13)19-3/h4-9,11H,10H2,1-3H3. The molecule has 0 saturated heterocycles. The van der Waals surface area contributed by atoms with E-state index in [9.17, 15) is 4.79 Å². The second kappa shape index (κ2) is 5.69. The zero-order chi connectivity index (χ0) is 13.8. The highest BCUT2D eigenvalue weighted by Crippen LogP contribution is 2.19. The Kier molecular flexibility index (Phi) is 4.00. The molecule has 4 nitrogen and oxygen atoms in total. The van der Waals surface area contributed by atoms with Gasteiger partial charge in [0, 0.05) is 12.2 Å². The van der Waals surface area contributed by atoms with Crippen molar-refractivity contribution >= 4 is 5.78 Å². The van der Waals surface area contributed by atoms with Crippen molar-refractivity contribution < 1.29 is 9.53 Å². The average molecular weight is 258 g/mol. The maximum Gasteiger partial charge on any atom is 0.172 e. The van der Waals surface area contributed by atoms with Crippen LogP contribution in [0.4, 0.5) is 0 Å². The van der Waals surface area contributed by atoms with Crippen molar-refractivity contribution in [3.05, 3.63) is 47.8 Å². The van der Waals surface area contributed by atoms with E-state index in [1.165, 1.54) is 0 Å². The van der Waals surface area contributed by atoms with Gasteiger partial charge in [-0.25, -0.2) is 0 Å². The quantitative estimate of drug-likeness (QED) is 0.774. The third kappa shape index (κ3) is 3.02. The minimum absolute atomic E-state index is 0.0199. The molecule has 0 fully saturated rings. The predicted octanol–water partition coefficient (Wildman–Crippen LogP) is 2.90. The van der Waals surface area contributed by atoms with Crippen LogP contribution in [-0.2, 0) is 6.42 Å². The largest absolute Gasteiger partial charge is 0.496 e. The summed E-state index contributed by atoms with van der Waals surface area (Å²) in [6.07, 6.45) is 2.19. The first-order valence-electron chi connectivity index (χ1n) is 6.32. The second-order valence-corrected chi connectivity index (χ2v) is 4.68. The number of hydrogen-bond donors (Lipinski definition) is 0. The molecule has 0 atom stereocenters. The lowest BCUT2D eigenvalue weighted by Crippen LogP contribution is -2.07. The first-order valence-corrected chi connectivity index (χ1v) is 6.32. The Balaban J connectivity index is 2.16. The highest BCUT2D eigenvalue weighted by Gasteiger charge is 2.13. The van der Waals surface area contributed by atoms with E-state index in [0.29, 0.717) is 23.8 Å². The van der Waals surface area contributed by atoms with Crippen molar-refractivity contribution in [2.45, 2.75) is 26.3 Å². The van der Waals surface area contributed by atoms with E-state index in [4.69, 9.17) is 4.74 Å². The summed E-state index contributed by atoms with van der Waals surface area (Å²) in [6, 6.07) is 9.44. The smallest absolute Gasteiger partial charge is 0.172 e. The summed E-state index contributed by atoms with van der Waals surface area (Å²) in [5.41, 5.74) is 1.38. The van der Waals surface area contributed by atoms with Crippen LogP contribution >= 0.6 is 0 Å². The number of ketones is 1. The Morgan fingerprint density at radius 2 is 2.05 bits per heavy atom. The molecule has 0 N–H and O–H groups in total. The fraction of sp³-hybridized carbons (Fsp3) is 0.333. The third-order valence-corrected chi connectivity index (χ3v) is 2.94. The molecule has 1 aromatic carbocycles. The van der Waals surface area contributed by atoms with Crippen LogP contribution in [0.25, 0.3) is 0 Å². The number of carbonyl (C=O) groups excluding carboxylic acids is 1. The van der Waals surface area contributed by atoms with Gasteiger partial charge in [0.25, 0.3) is 0 Å². The Hall–Kier alpha value is -2.10. The van der Waals surface area contributed by atoms with Crippen molar-refractivity contribution in [2.24, 2.45) is 0 Å². The molecule has 0 bridgehead atoms. The number of para-hydroxylation sites is 1. The molecule has 0 aliphatic heterocycles. The summed E-state index contributed by atoms with van der Waals surface area (Å²) >= 11 is 0. The third-order valence-electron chi connectivity index (χ3n) is 2.94. The molecule has 4 heteroatoms. The van der Waals surface area contributed by atoms with E-state index in [1.54, 1.807) is 19.2 Å². The van der Waals surface area contributed by atoms with E-state index in [0.717, 1.165) is 5.69 Å². The zero-order valence-electron chi connectivity index (χ0n) is 11.5. The van der Waals surface area contributed by atoms with E-state index >= 15 is 0 Å². The van der Waals surface area contributed by atoms with Crippen molar-refractivity contribution in [3.8, 4) is 5.75 Å². The van der Waals surface area contributed by atoms with Gasteiger partial charge in [0.1, 0.15) is 5.75 Å². The van der Waals surface area contributed by atoms with Crippen molar-refractivity contribution in [2.75, 3.05) is 7.11 Å². The molecule has 2 rings (SSSR count). The number of Topliss-reactive ketones (excluding diaryl/α,β-unsaturated/α-hetero) is 1. The van der Waals surface area contributed by atoms with Gasteiger partial charge in [-0.3, -0.25) is 9.48 Å². The SMILES string of the molecule is COc1ccccc1C(=O)Cc1ccn(C(C)C)n1. The van der Waals surface area contributed by atoms with Crippen LogP contribution < -0.4 is 4.74 Å². The summed E-state index contributed by atoms with van der Waals surface area (Å²) in [6.45, 7) is 4.11. The van der Waals surface area contributed by atoms with Crippen LogP contribution in [0.5, 0.6) is 5.75 Å². The molecule has 2 aromatic rings. The summed E-state index contributed by atoms with van der Waals surface area (Å²) < 4.78 is 7.05. The minimum atomic E-state index is 0.0199. The summed E-state index contributed by atoms with van der Waals surface area (Å²) in [5, 5.41) is 4.39. The van der Waals surface area contributed by atoms with Crippen molar-refractivity contribution in [1.29, 1.82) is 0 Å². The number of ether oxygens (including phenoxy) is 1. The number of rotatable bonds is 5. The summed E-state index contributed by atoms with van der Waals surface area (Å²) in [4.78, 5) is 12.2. The topological polar surface area (TPSA) is 44.1 Å². The Bertz CT molecular complexity index is 573. The molecule has 1 heterocycles. The molecule has 0 amide bonds. The fourth-order valence-corrected chi connectivity index (χ4v) is 1.89. The van der Waals surface area contributed by atoms with E-state index in [2.05, 4.69) is 18.9 Å². The lowest BCUT2D eigenvalue weighted by molar-refractivity contribution is 0.0988. The normalized spacial score (nSPS) is 10.7. The van der Waals surface area contributed by atoms with Crippen LogP contribution in [0, 0.1) is 0 Å². The number of nitrogens with zero attached hydrogens (tertiary/aromatic N) is 2. The molecule has 1 aromatic heterocycles. The predicted molar refractivity (Wildman–Crippen MR) is 73.6 cm³/mol. The first-order chi connectivity index (χ1) is 9.11. The van der Waals surface area contributed by atoms with Crippen LogP contribution in [0.15, 0.2) is 36.5 Å². The van der Waals surface area contributed by atoms with Gasteiger partial charge in [0.2, 0.25) is 0 Å². The number of methoxy groups -OCH3 is 1. The highest BCUT2D eigenvalue weighted by molar-refractivity contribution is 5.99. The number of aromatic nitrogens is 2. The van der Waals surface area contributed by atoms with Crippen molar-refractivity contribution in [3.63, 3.8) is 0 Å². The van der Waals surface area contributed by atoms with Crippen LogP contribution in [0.2, 0.25) is 0 Å². The summed E-state index contributed by atoms with van der Waals surface area (Å²) in [7, 11) is 1.57. The van der Waals surface area contributed by atoms with Crippen molar-refractivity contribution in [1.82, 2.24) is 9.78 Å². The van der Waals surface area contributed by atoms with Crippen LogP contribution in [0.3, 0.4) is 0 Å². The molecule has 0 aliphatic carbocycles. The van der Waals surface area contributed by atoms with Gasteiger partial charge < -0.3 is 4.74 Å². The summed E-state index contributed by atoms with van der Waals surface area (Å²) in [5.74, 6) is 0.627. The first kappa shape index (κ1) is 13.3. The zero-order valence-corrected chi connectivity index (χ0v) is 11.5. The average Bonchev–Trinajstić information content (AvgIpc) is 2.87. The maximum atomic E-state index is 12.2. The number of hydrogen-bond acceptors (Lipinski definition) is 3. The Morgan fingerprint density at radius 1 is 1.32 bits per heavy atom. The number of benzene rings is 1. The van der Waals surface area contributed by atoms with Gasteiger partial charge in [0.15, 0.2) is 5.78 Å². The molecule has 100 valence electrons. The van der Waals surface area contributed by atoms with E-state index < -0.39 is 0 Å². The molecular weight excluding hydrogens is 240 g/mol. The molecule has 19 heavy (non-hydrogen) atoms. The Morgan fingerprint density at radius 3 is 2.68 bits per heavy atom. The second-order valence-electron chi connectivity index (χ2n) is 4.68. The van der Waals surface area contributed by atoms with Gasteiger partial charge in [-0.1, -0.05) is 12.1 Å². The fourth-order valence-electron chi connectivity index (χ4n) is 1.89. The molecule has 0 saturated carbocycles. The number of carbonyl (C=O) groups is 1. The molecule has 0 unspecified atom stereocenters. The van der Waals surface area contributed by atoms with Gasteiger partial charge in [-0.15, -0.1) is 0 Å². The van der Waals surface area contributed by atoms with E-state index in [-0.39, 0.29) is 5.78 Å². The van der Waals surface area contributed by atoms with Gasteiger partial charge in [-0.05, 0) is 32.0 Å².